The van der Waals surface area contributed by atoms with Gasteiger partial charge in [-0.25, -0.2) is 9.59 Å². The van der Waals surface area contributed by atoms with E-state index in [9.17, 15) is 9.59 Å². The normalized spacial score (nSPS) is 30.3. The fraction of sp³-hybridized carbons (Fsp3) is 0.200. The minimum atomic E-state index is -1.65. The van der Waals surface area contributed by atoms with Crippen LogP contribution >= 0.6 is 0 Å². The fourth-order valence-electron chi connectivity index (χ4n) is 1.23. The van der Waals surface area contributed by atoms with Crippen LogP contribution in [0.1, 0.15) is 0 Å². The third-order valence-corrected chi connectivity index (χ3v) is 2.07. The molecule has 2 aliphatic rings. The van der Waals surface area contributed by atoms with Crippen LogP contribution in [-0.2, 0) is 19.1 Å². The van der Waals surface area contributed by atoms with Crippen LogP contribution in [0.4, 0.5) is 0 Å². The van der Waals surface area contributed by atoms with E-state index in [1.807, 2.05) is 0 Å². The van der Waals surface area contributed by atoms with Gasteiger partial charge in [-0.15, -0.1) is 10.2 Å². The topological polar surface area (TPSA) is 154 Å². The van der Waals surface area contributed by atoms with Crippen LogP contribution in [0.25, 0.3) is 0 Å². The van der Waals surface area contributed by atoms with Gasteiger partial charge in [-0.05, 0) is 0 Å². The van der Waals surface area contributed by atoms with E-state index < -0.39 is 23.6 Å². The van der Waals surface area contributed by atoms with E-state index in [-0.39, 0.29) is 0 Å². The Morgan fingerprint density at radius 2 is 1.30 bits per heavy atom. The van der Waals surface area contributed by atoms with Gasteiger partial charge in [-0.3, -0.25) is 11.5 Å². The van der Waals surface area contributed by atoms with Gasteiger partial charge in [0, 0.05) is 24.3 Å². The molecule has 20 heavy (non-hydrogen) atoms. The average molecular weight is 278 g/mol. The highest BCUT2D eigenvalue weighted by atomic mass is 16.6. The standard InChI is InChI=1S/C10H10N6O4/c11-9(3-5-13-15-9)19-7(17)1-2-8(18)20-10(12)4-6-14-16-10/h1-6H,11-12H2/b2-1+. The minimum absolute atomic E-state index is 0.817. The van der Waals surface area contributed by atoms with Crippen molar-refractivity contribution in [3.8, 4) is 0 Å². The highest BCUT2D eigenvalue weighted by Crippen LogP contribution is 2.16. The number of esters is 2. The van der Waals surface area contributed by atoms with E-state index in [0.717, 1.165) is 12.2 Å². The number of nitrogens with zero attached hydrogens (tertiary/aromatic N) is 4. The molecule has 0 aromatic heterocycles. The molecular weight excluding hydrogens is 268 g/mol. The Morgan fingerprint density at radius 3 is 1.60 bits per heavy atom. The number of nitrogens with two attached hydrogens (primary N) is 2. The van der Waals surface area contributed by atoms with Gasteiger partial charge in [0.05, 0.1) is 12.4 Å². The van der Waals surface area contributed by atoms with Crippen LogP contribution in [0.15, 0.2) is 57.2 Å². The van der Waals surface area contributed by atoms with Crippen molar-refractivity contribution in [2.75, 3.05) is 0 Å². The molecule has 0 aromatic carbocycles. The molecule has 0 aliphatic carbocycles. The van der Waals surface area contributed by atoms with Crippen molar-refractivity contribution in [1.29, 1.82) is 0 Å². The molecule has 0 fully saturated rings. The Hall–Kier alpha value is -2.72. The van der Waals surface area contributed by atoms with Gasteiger partial charge in [0.2, 0.25) is 0 Å². The van der Waals surface area contributed by atoms with Gasteiger partial charge in [0.15, 0.2) is 0 Å². The molecule has 10 nitrogen and oxygen atoms in total. The maximum Gasteiger partial charge on any atom is 0.334 e. The van der Waals surface area contributed by atoms with E-state index in [4.69, 9.17) is 20.9 Å². The second-order valence-corrected chi connectivity index (χ2v) is 3.74. The lowest BCUT2D eigenvalue weighted by atomic mass is 10.4. The maximum atomic E-state index is 11.4. The van der Waals surface area contributed by atoms with Crippen LogP contribution in [0, 0.1) is 0 Å². The van der Waals surface area contributed by atoms with E-state index in [0.29, 0.717) is 0 Å². The Bertz CT molecular complexity index is 502. The van der Waals surface area contributed by atoms with E-state index in [1.54, 1.807) is 0 Å². The third kappa shape index (κ3) is 3.40. The highest BCUT2D eigenvalue weighted by Gasteiger charge is 2.29. The van der Waals surface area contributed by atoms with E-state index in [1.165, 1.54) is 24.6 Å². The summed E-state index contributed by atoms with van der Waals surface area (Å²) in [6.45, 7) is 0. The molecule has 2 rings (SSSR count). The first-order valence-corrected chi connectivity index (χ1v) is 5.32. The van der Waals surface area contributed by atoms with Crippen molar-refractivity contribution in [3.63, 3.8) is 0 Å². The molecule has 0 bridgehead atoms. The van der Waals surface area contributed by atoms with Crippen molar-refractivity contribution in [1.82, 2.24) is 0 Å². The Kier molecular flexibility index (Phi) is 3.50. The second-order valence-electron chi connectivity index (χ2n) is 3.74. The summed E-state index contributed by atoms with van der Waals surface area (Å²) in [6.07, 6.45) is 6.74. The zero-order valence-corrected chi connectivity index (χ0v) is 10.0. The summed E-state index contributed by atoms with van der Waals surface area (Å²) in [5.74, 6) is -5.10. The molecule has 104 valence electrons. The number of hydrogen-bond donors (Lipinski definition) is 2. The van der Waals surface area contributed by atoms with Crippen molar-refractivity contribution < 1.29 is 19.1 Å². The summed E-state index contributed by atoms with van der Waals surface area (Å²) >= 11 is 0. The van der Waals surface area contributed by atoms with Gasteiger partial charge in [-0.1, -0.05) is 0 Å². The first kappa shape index (κ1) is 13.7. The molecule has 0 saturated heterocycles. The molecule has 0 radical (unpaired) electrons. The number of azo groups is 2. The zero-order valence-electron chi connectivity index (χ0n) is 10.0. The van der Waals surface area contributed by atoms with E-state index in [2.05, 4.69) is 20.5 Å². The highest BCUT2D eigenvalue weighted by molar-refractivity contribution is 5.92. The number of carbonyl (C=O) groups excluding carboxylic acids is 2. The summed E-state index contributed by atoms with van der Waals surface area (Å²) in [5.41, 5.74) is 11.0. The first-order valence-electron chi connectivity index (χ1n) is 5.32. The molecule has 2 heterocycles. The molecule has 2 atom stereocenters. The predicted molar refractivity (Wildman–Crippen MR) is 63.2 cm³/mol. The first-order chi connectivity index (χ1) is 9.41. The van der Waals surface area contributed by atoms with Gasteiger partial charge in [0.25, 0.3) is 11.7 Å². The van der Waals surface area contributed by atoms with Gasteiger partial charge in [0.1, 0.15) is 0 Å². The van der Waals surface area contributed by atoms with E-state index >= 15 is 0 Å². The average Bonchev–Trinajstić information content (AvgIpc) is 2.96. The Morgan fingerprint density at radius 1 is 0.900 bits per heavy atom. The molecular formula is C10H10N6O4. The Balaban J connectivity index is 1.86. The second kappa shape index (κ2) is 5.11. The van der Waals surface area contributed by atoms with Crippen molar-refractivity contribution in [2.24, 2.45) is 31.9 Å². The van der Waals surface area contributed by atoms with Crippen molar-refractivity contribution in [2.45, 2.75) is 11.7 Å². The Labute approximate surface area is 112 Å². The van der Waals surface area contributed by atoms with Crippen LogP contribution < -0.4 is 11.5 Å². The van der Waals surface area contributed by atoms with Crippen LogP contribution in [0.5, 0.6) is 0 Å². The molecule has 10 heteroatoms. The van der Waals surface area contributed by atoms with Gasteiger partial charge >= 0.3 is 11.9 Å². The lowest BCUT2D eigenvalue weighted by Crippen LogP contribution is -2.39. The number of hydrogen-bond acceptors (Lipinski definition) is 10. The molecule has 0 aromatic rings. The number of carbonyl (C=O) groups is 2. The third-order valence-electron chi connectivity index (χ3n) is 2.07. The largest absolute Gasteiger partial charge is 0.415 e. The summed E-state index contributed by atoms with van der Waals surface area (Å²) < 4.78 is 9.51. The lowest BCUT2D eigenvalue weighted by molar-refractivity contribution is -0.151. The maximum absolute atomic E-state index is 11.4. The molecule has 4 N–H and O–H groups in total. The summed E-state index contributed by atoms with van der Waals surface area (Å²) in [6, 6.07) is 0. The van der Waals surface area contributed by atoms with Gasteiger partial charge in [-0.2, -0.15) is 10.2 Å². The van der Waals surface area contributed by atoms with Crippen LogP contribution in [0.3, 0.4) is 0 Å². The SMILES string of the molecule is NC1(OC(=O)/C=C/C(=O)OC2(N)C=CN=N2)C=CN=N1. The molecule has 2 unspecified atom stereocenters. The quantitative estimate of drug-likeness (QED) is 0.412. The summed E-state index contributed by atoms with van der Waals surface area (Å²) in [7, 11) is 0. The number of ether oxygens (including phenoxy) is 2. The molecule has 0 spiro atoms. The fourth-order valence-corrected chi connectivity index (χ4v) is 1.23. The molecule has 0 amide bonds. The molecule has 0 saturated carbocycles. The zero-order chi connectivity index (χ0) is 14.6. The molecule has 2 aliphatic heterocycles. The lowest BCUT2D eigenvalue weighted by Gasteiger charge is -2.16. The number of rotatable bonds is 4. The van der Waals surface area contributed by atoms with Gasteiger partial charge < -0.3 is 9.47 Å². The minimum Gasteiger partial charge on any atom is -0.415 e. The van der Waals surface area contributed by atoms with Crippen LogP contribution in [-0.4, -0.2) is 23.6 Å². The summed E-state index contributed by atoms with van der Waals surface area (Å²) in [5, 5.41) is 13.8. The smallest absolute Gasteiger partial charge is 0.334 e. The van der Waals surface area contributed by atoms with Crippen molar-refractivity contribution >= 4 is 11.9 Å². The monoisotopic (exact) mass is 278 g/mol. The van der Waals surface area contributed by atoms with Crippen molar-refractivity contribution in [3.05, 3.63) is 36.7 Å². The van der Waals surface area contributed by atoms with Crippen LogP contribution in [0.2, 0.25) is 0 Å². The predicted octanol–water partition coefficient (Wildman–Crippen LogP) is -0.187. The summed E-state index contributed by atoms with van der Waals surface area (Å²) in [4.78, 5) is 22.8.